The Bertz CT molecular complexity index is 353. The molecule has 18 heavy (non-hydrogen) atoms. The first kappa shape index (κ1) is 13.1. The summed E-state index contributed by atoms with van der Waals surface area (Å²) in [6, 6.07) is 0. The first-order valence-electron chi connectivity index (χ1n) is 6.98. The van der Waals surface area contributed by atoms with Crippen molar-refractivity contribution in [1.82, 2.24) is 14.9 Å². The topological polar surface area (TPSA) is 49.0 Å². The number of hydrogen-bond donors (Lipinski definition) is 1. The summed E-state index contributed by atoms with van der Waals surface area (Å²) >= 11 is 0. The number of carbonyl (C=O) groups is 1. The van der Waals surface area contributed by atoms with Crippen LogP contribution in [0, 0.1) is 5.92 Å². The quantitative estimate of drug-likeness (QED) is 0.834. The molecule has 1 fully saturated rings. The van der Waals surface area contributed by atoms with Crippen LogP contribution in [0.1, 0.15) is 50.8 Å². The molecular weight excluding hydrogens is 226 g/mol. The van der Waals surface area contributed by atoms with Gasteiger partial charge in [0.2, 0.25) is 5.91 Å². The minimum atomic E-state index is 0.248. The second-order valence-corrected chi connectivity index (χ2v) is 5.35. The highest BCUT2D eigenvalue weighted by Gasteiger charge is 2.18. The Balaban J connectivity index is 1.79. The number of imidazole rings is 1. The third kappa shape index (κ3) is 3.86. The van der Waals surface area contributed by atoms with Crippen LogP contribution in [0.2, 0.25) is 0 Å². The van der Waals surface area contributed by atoms with Gasteiger partial charge in [0, 0.05) is 25.9 Å². The Kier molecular flexibility index (Phi) is 4.79. The van der Waals surface area contributed by atoms with Crippen molar-refractivity contribution in [3.63, 3.8) is 0 Å². The zero-order valence-electron chi connectivity index (χ0n) is 11.2. The molecule has 1 heterocycles. The lowest BCUT2D eigenvalue weighted by Gasteiger charge is -2.19. The molecule has 2 rings (SSSR count). The maximum atomic E-state index is 12.1. The molecule has 100 valence electrons. The molecule has 1 N–H and O–H groups in total. The van der Waals surface area contributed by atoms with Crippen LogP contribution < -0.4 is 0 Å². The minimum absolute atomic E-state index is 0.248. The van der Waals surface area contributed by atoms with Crippen molar-refractivity contribution in [3.05, 3.63) is 18.2 Å². The molecule has 0 bridgehead atoms. The van der Waals surface area contributed by atoms with Crippen molar-refractivity contribution in [3.8, 4) is 0 Å². The van der Waals surface area contributed by atoms with E-state index < -0.39 is 0 Å². The molecule has 4 heteroatoms. The van der Waals surface area contributed by atoms with E-state index in [2.05, 4.69) is 9.97 Å². The lowest BCUT2D eigenvalue weighted by Crippen LogP contribution is -2.28. The molecule has 1 aliphatic rings. The fourth-order valence-corrected chi connectivity index (χ4v) is 2.67. The molecule has 0 saturated heterocycles. The van der Waals surface area contributed by atoms with Crippen LogP contribution in [0.4, 0.5) is 0 Å². The number of nitrogens with one attached hydrogen (secondary N) is 1. The molecule has 0 aliphatic heterocycles. The Labute approximate surface area is 109 Å². The molecule has 0 radical (unpaired) electrons. The molecule has 4 nitrogen and oxygen atoms in total. The predicted octanol–water partition coefficient (Wildman–Crippen LogP) is 2.73. The highest BCUT2D eigenvalue weighted by molar-refractivity contribution is 5.76. The highest BCUT2D eigenvalue weighted by Crippen LogP contribution is 2.25. The van der Waals surface area contributed by atoms with Crippen molar-refractivity contribution in [2.24, 2.45) is 5.92 Å². The van der Waals surface area contributed by atoms with E-state index in [0.29, 0.717) is 18.9 Å². The van der Waals surface area contributed by atoms with Gasteiger partial charge in [0.15, 0.2) is 0 Å². The Hall–Kier alpha value is -1.32. The number of nitrogens with zero attached hydrogens (tertiary/aromatic N) is 2. The molecule has 1 aromatic rings. The fourth-order valence-electron chi connectivity index (χ4n) is 2.67. The molecule has 0 aromatic carbocycles. The van der Waals surface area contributed by atoms with Gasteiger partial charge in [-0.05, 0) is 18.8 Å². The monoisotopic (exact) mass is 249 g/mol. The van der Waals surface area contributed by atoms with Gasteiger partial charge in [-0.1, -0.05) is 25.7 Å². The molecular formula is C14H23N3O. The van der Waals surface area contributed by atoms with Crippen molar-refractivity contribution in [2.75, 3.05) is 7.05 Å². The van der Waals surface area contributed by atoms with Crippen molar-refractivity contribution >= 4 is 5.91 Å². The molecule has 1 aliphatic carbocycles. The summed E-state index contributed by atoms with van der Waals surface area (Å²) in [6.45, 7) is 0.582. The smallest absolute Gasteiger partial charge is 0.222 e. The minimum Gasteiger partial charge on any atom is -0.347 e. The zero-order valence-corrected chi connectivity index (χ0v) is 11.2. The van der Waals surface area contributed by atoms with Crippen LogP contribution in [0.25, 0.3) is 0 Å². The number of aromatic amines is 1. The van der Waals surface area contributed by atoms with Crippen molar-refractivity contribution < 1.29 is 4.79 Å². The van der Waals surface area contributed by atoms with E-state index in [9.17, 15) is 4.79 Å². The van der Waals surface area contributed by atoms with Crippen LogP contribution in [0.5, 0.6) is 0 Å². The number of carbonyl (C=O) groups excluding carboxylic acids is 1. The summed E-state index contributed by atoms with van der Waals surface area (Å²) in [5, 5.41) is 0. The van der Waals surface area contributed by atoms with Gasteiger partial charge in [0.1, 0.15) is 5.82 Å². The molecule has 1 saturated carbocycles. The molecule has 1 amide bonds. The standard InChI is InChI=1S/C14H23N3O/c1-17(11-13-15-8-9-16-13)14(18)10-12-6-4-2-3-5-7-12/h8-9,12H,2-7,10-11H2,1H3,(H,15,16). The van der Waals surface area contributed by atoms with E-state index >= 15 is 0 Å². The van der Waals surface area contributed by atoms with Crippen molar-refractivity contribution in [2.45, 2.75) is 51.5 Å². The lowest BCUT2D eigenvalue weighted by molar-refractivity contribution is -0.131. The van der Waals surface area contributed by atoms with E-state index in [-0.39, 0.29) is 5.91 Å². The average Bonchev–Trinajstić information content (AvgIpc) is 2.72. The summed E-state index contributed by atoms with van der Waals surface area (Å²) in [7, 11) is 1.86. The van der Waals surface area contributed by atoms with Crippen LogP contribution in [0.3, 0.4) is 0 Å². The average molecular weight is 249 g/mol. The second kappa shape index (κ2) is 6.57. The Morgan fingerprint density at radius 3 is 2.72 bits per heavy atom. The Morgan fingerprint density at radius 1 is 1.39 bits per heavy atom. The predicted molar refractivity (Wildman–Crippen MR) is 70.9 cm³/mol. The number of aromatic nitrogens is 2. The van der Waals surface area contributed by atoms with Crippen molar-refractivity contribution in [1.29, 1.82) is 0 Å². The van der Waals surface area contributed by atoms with Crippen LogP contribution >= 0.6 is 0 Å². The Morgan fingerprint density at radius 2 is 2.11 bits per heavy atom. The van der Waals surface area contributed by atoms with E-state index in [1.165, 1.54) is 38.5 Å². The van der Waals surface area contributed by atoms with Crippen LogP contribution in [0.15, 0.2) is 12.4 Å². The van der Waals surface area contributed by atoms with Gasteiger partial charge in [-0.25, -0.2) is 4.98 Å². The third-order valence-corrected chi connectivity index (χ3v) is 3.81. The molecule has 0 unspecified atom stereocenters. The van der Waals surface area contributed by atoms with Crippen LogP contribution in [-0.2, 0) is 11.3 Å². The SMILES string of the molecule is CN(Cc1ncc[nH]1)C(=O)CC1CCCCCC1. The zero-order chi connectivity index (χ0) is 12.8. The van der Waals surface area contributed by atoms with E-state index in [1.54, 1.807) is 17.3 Å². The maximum Gasteiger partial charge on any atom is 0.222 e. The molecule has 0 atom stereocenters. The van der Waals surface area contributed by atoms with Gasteiger partial charge in [-0.3, -0.25) is 4.79 Å². The largest absolute Gasteiger partial charge is 0.347 e. The fraction of sp³-hybridized carbons (Fsp3) is 0.714. The van der Waals surface area contributed by atoms with E-state index in [1.807, 2.05) is 7.05 Å². The molecule has 1 aromatic heterocycles. The van der Waals surface area contributed by atoms with E-state index in [0.717, 1.165) is 5.82 Å². The summed E-state index contributed by atoms with van der Waals surface area (Å²) in [5.41, 5.74) is 0. The number of rotatable bonds is 4. The lowest BCUT2D eigenvalue weighted by atomic mass is 9.96. The number of H-pyrrole nitrogens is 1. The van der Waals surface area contributed by atoms with Gasteiger partial charge < -0.3 is 9.88 Å². The molecule has 0 spiro atoms. The summed E-state index contributed by atoms with van der Waals surface area (Å²) < 4.78 is 0. The second-order valence-electron chi connectivity index (χ2n) is 5.35. The first-order chi connectivity index (χ1) is 8.75. The highest BCUT2D eigenvalue weighted by atomic mass is 16.2. The maximum absolute atomic E-state index is 12.1. The van der Waals surface area contributed by atoms with E-state index in [4.69, 9.17) is 0 Å². The van der Waals surface area contributed by atoms with Gasteiger partial charge >= 0.3 is 0 Å². The third-order valence-electron chi connectivity index (χ3n) is 3.81. The normalized spacial score (nSPS) is 17.4. The van der Waals surface area contributed by atoms with Gasteiger partial charge in [0.25, 0.3) is 0 Å². The van der Waals surface area contributed by atoms with Gasteiger partial charge in [0.05, 0.1) is 6.54 Å². The number of amides is 1. The summed E-state index contributed by atoms with van der Waals surface area (Å²) in [6.07, 6.45) is 11.9. The first-order valence-corrected chi connectivity index (χ1v) is 6.98. The van der Waals surface area contributed by atoms with Gasteiger partial charge in [-0.2, -0.15) is 0 Å². The van der Waals surface area contributed by atoms with Gasteiger partial charge in [-0.15, -0.1) is 0 Å². The summed E-state index contributed by atoms with van der Waals surface area (Å²) in [4.78, 5) is 21.1. The summed E-state index contributed by atoms with van der Waals surface area (Å²) in [5.74, 6) is 1.70. The van der Waals surface area contributed by atoms with Crippen LogP contribution in [-0.4, -0.2) is 27.8 Å². The number of hydrogen-bond acceptors (Lipinski definition) is 2.